The topological polar surface area (TPSA) is 94.8 Å². The summed E-state index contributed by atoms with van der Waals surface area (Å²) in [5.74, 6) is 5.21. The number of carbonyl (C=O) groups is 1. The van der Waals surface area contributed by atoms with Crippen molar-refractivity contribution in [1.29, 1.82) is 0 Å². The monoisotopic (exact) mass is 546 g/mol. The molecule has 39 heavy (non-hydrogen) atoms. The normalized spacial score (nSPS) is 18.5. The van der Waals surface area contributed by atoms with E-state index in [1.807, 2.05) is 11.9 Å². The Kier molecular flexibility index (Phi) is 8.13. The van der Waals surface area contributed by atoms with Crippen LogP contribution in [0.1, 0.15) is 47.6 Å². The molecular weight excluding hydrogens is 516 g/mol. The molecule has 4 rings (SSSR count). The number of rotatable bonds is 6. The van der Waals surface area contributed by atoms with E-state index in [0.29, 0.717) is 24.5 Å². The third-order valence-corrected chi connectivity index (χ3v) is 6.41. The molecule has 1 amide bonds. The van der Waals surface area contributed by atoms with Gasteiger partial charge in [-0.15, -0.1) is 0 Å². The first-order chi connectivity index (χ1) is 18.3. The Balaban J connectivity index is 1.54. The number of anilines is 1. The van der Waals surface area contributed by atoms with Gasteiger partial charge in [-0.2, -0.15) is 18.3 Å². The third kappa shape index (κ3) is 7.04. The second kappa shape index (κ2) is 11.2. The number of fused-ring (bicyclic) bond motifs is 1. The van der Waals surface area contributed by atoms with Gasteiger partial charge in [-0.05, 0) is 57.5 Å². The number of amides is 1. The van der Waals surface area contributed by atoms with Gasteiger partial charge in [0, 0.05) is 24.8 Å². The molecule has 0 aliphatic carbocycles. The van der Waals surface area contributed by atoms with Crippen molar-refractivity contribution in [1.82, 2.24) is 24.8 Å². The van der Waals surface area contributed by atoms with E-state index in [9.17, 15) is 27.5 Å². The van der Waals surface area contributed by atoms with Gasteiger partial charge in [0.25, 0.3) is 5.91 Å². The molecule has 8 nitrogen and oxygen atoms in total. The first-order valence-corrected chi connectivity index (χ1v) is 12.4. The average molecular weight is 547 g/mol. The molecule has 1 aliphatic heterocycles. The van der Waals surface area contributed by atoms with Crippen LogP contribution >= 0.6 is 0 Å². The Bertz CT molecular complexity index is 1390. The second-order valence-electron chi connectivity index (χ2n) is 10.1. The van der Waals surface area contributed by atoms with E-state index in [0.717, 1.165) is 0 Å². The van der Waals surface area contributed by atoms with Crippen LogP contribution in [0, 0.1) is 11.8 Å². The highest BCUT2D eigenvalue weighted by Gasteiger charge is 2.32. The van der Waals surface area contributed by atoms with Gasteiger partial charge in [0.15, 0.2) is 0 Å². The van der Waals surface area contributed by atoms with Gasteiger partial charge < -0.3 is 20.6 Å². The Labute approximate surface area is 223 Å². The molecule has 0 radical (unpaired) electrons. The summed E-state index contributed by atoms with van der Waals surface area (Å²) in [4.78, 5) is 18.4. The molecule has 0 saturated carbocycles. The molecule has 2 atom stereocenters. The molecule has 1 aliphatic rings. The van der Waals surface area contributed by atoms with Crippen molar-refractivity contribution in [3.63, 3.8) is 0 Å². The van der Waals surface area contributed by atoms with Crippen molar-refractivity contribution < 1.29 is 27.5 Å². The Hall–Kier alpha value is -3.69. The van der Waals surface area contributed by atoms with E-state index in [1.165, 1.54) is 28.9 Å². The van der Waals surface area contributed by atoms with Crippen LogP contribution in [-0.2, 0) is 12.0 Å². The smallest absolute Gasteiger partial charge is 0.384 e. The maximum absolute atomic E-state index is 14.6. The van der Waals surface area contributed by atoms with Crippen LogP contribution in [0.3, 0.4) is 0 Å². The van der Waals surface area contributed by atoms with E-state index < -0.39 is 36.3 Å². The SMILES string of the molecule is CN1CC[C@@H](Nc2cccc3c(CC(F)(F)F)c(C#CCNC(=O)c4ccc(C(C)(C)O)nc4)nn23)[C@@H](F)C1. The molecule has 3 aromatic heterocycles. The highest BCUT2D eigenvalue weighted by Crippen LogP contribution is 2.28. The first-order valence-electron chi connectivity index (χ1n) is 12.4. The summed E-state index contributed by atoms with van der Waals surface area (Å²) in [5, 5.41) is 20.0. The van der Waals surface area contributed by atoms with Crippen LogP contribution in [-0.4, -0.2) is 75.6 Å². The van der Waals surface area contributed by atoms with Crippen molar-refractivity contribution in [2.24, 2.45) is 0 Å². The van der Waals surface area contributed by atoms with Gasteiger partial charge in [0.1, 0.15) is 23.3 Å². The van der Waals surface area contributed by atoms with Crippen molar-refractivity contribution in [3.8, 4) is 11.8 Å². The van der Waals surface area contributed by atoms with Crippen LogP contribution in [0.25, 0.3) is 5.52 Å². The fourth-order valence-corrected chi connectivity index (χ4v) is 4.36. The number of pyridine rings is 2. The lowest BCUT2D eigenvalue weighted by molar-refractivity contribution is -0.127. The molecular formula is C27H30F4N6O2. The number of aliphatic hydroxyl groups is 1. The van der Waals surface area contributed by atoms with E-state index >= 15 is 0 Å². The van der Waals surface area contributed by atoms with Crippen molar-refractivity contribution >= 4 is 17.2 Å². The zero-order chi connectivity index (χ0) is 28.4. The molecule has 3 N–H and O–H groups in total. The van der Waals surface area contributed by atoms with Gasteiger partial charge in [-0.25, -0.2) is 8.91 Å². The fraction of sp³-hybridized carbons (Fsp3) is 0.444. The lowest BCUT2D eigenvalue weighted by atomic mass is 10.0. The minimum atomic E-state index is -4.50. The summed E-state index contributed by atoms with van der Waals surface area (Å²) in [5.41, 5.74) is -0.477. The van der Waals surface area contributed by atoms with Gasteiger partial charge in [0.05, 0.1) is 35.8 Å². The summed E-state index contributed by atoms with van der Waals surface area (Å²) in [6.07, 6.45) is -5.03. The van der Waals surface area contributed by atoms with Crippen LogP contribution in [0.4, 0.5) is 23.4 Å². The lowest BCUT2D eigenvalue weighted by Crippen LogP contribution is -2.46. The molecule has 3 aromatic rings. The highest BCUT2D eigenvalue weighted by molar-refractivity contribution is 5.94. The van der Waals surface area contributed by atoms with Gasteiger partial charge >= 0.3 is 6.18 Å². The number of hydrogen-bond donors (Lipinski definition) is 3. The number of aromatic nitrogens is 3. The standard InChI is InChI=1S/C27H30F4N6O2/c1-26(2,39)23-10-9-17(15-33-23)25(38)32-12-5-6-20-18(14-27(29,30)31)22-7-4-8-24(37(22)35-20)34-21-11-13-36(3)16-19(21)28/h4,7-10,15,19,21,34,39H,11-14,16H2,1-3H3,(H,32,38)/t19-,21+/m0/s1. The van der Waals surface area contributed by atoms with Gasteiger partial charge in [-0.1, -0.05) is 12.0 Å². The number of piperidine rings is 1. The van der Waals surface area contributed by atoms with Gasteiger partial charge in [-0.3, -0.25) is 9.78 Å². The van der Waals surface area contributed by atoms with Crippen LogP contribution < -0.4 is 10.6 Å². The second-order valence-corrected chi connectivity index (χ2v) is 10.1. The number of likely N-dealkylation sites (tertiary alicyclic amines) is 1. The van der Waals surface area contributed by atoms with Gasteiger partial charge in [0.2, 0.25) is 0 Å². The molecule has 208 valence electrons. The Morgan fingerprint density at radius 1 is 1.23 bits per heavy atom. The highest BCUT2D eigenvalue weighted by atomic mass is 19.4. The predicted octanol–water partition coefficient (Wildman–Crippen LogP) is 3.30. The van der Waals surface area contributed by atoms with E-state index in [4.69, 9.17) is 0 Å². The number of alkyl halides is 4. The number of halogens is 4. The average Bonchev–Trinajstić information content (AvgIpc) is 3.19. The molecule has 0 spiro atoms. The van der Waals surface area contributed by atoms with Crippen LogP contribution in [0.15, 0.2) is 36.5 Å². The summed E-state index contributed by atoms with van der Waals surface area (Å²) in [6.45, 7) is 3.95. The predicted molar refractivity (Wildman–Crippen MR) is 138 cm³/mol. The lowest BCUT2D eigenvalue weighted by Gasteiger charge is -2.33. The number of carbonyl (C=O) groups excluding carboxylic acids is 1. The molecule has 0 aromatic carbocycles. The molecule has 0 bridgehead atoms. The summed E-state index contributed by atoms with van der Waals surface area (Å²) in [6, 6.07) is 7.28. The fourth-order valence-electron chi connectivity index (χ4n) is 4.36. The van der Waals surface area contributed by atoms with Crippen molar-refractivity contribution in [2.45, 2.75) is 50.7 Å². The number of hydrogen-bond acceptors (Lipinski definition) is 6. The van der Waals surface area contributed by atoms with Crippen LogP contribution in [0.5, 0.6) is 0 Å². The van der Waals surface area contributed by atoms with E-state index in [-0.39, 0.29) is 35.4 Å². The minimum absolute atomic E-state index is 0.0767. The Morgan fingerprint density at radius 2 is 2.00 bits per heavy atom. The molecule has 0 unspecified atom stereocenters. The maximum Gasteiger partial charge on any atom is 0.393 e. The van der Waals surface area contributed by atoms with Crippen LogP contribution in [0.2, 0.25) is 0 Å². The molecule has 1 saturated heterocycles. The Morgan fingerprint density at radius 3 is 2.64 bits per heavy atom. The number of nitrogens with one attached hydrogen (secondary N) is 2. The first kappa shape index (κ1) is 28.3. The number of nitrogens with zero attached hydrogens (tertiary/aromatic N) is 4. The maximum atomic E-state index is 14.6. The summed E-state index contributed by atoms with van der Waals surface area (Å²) in [7, 11) is 1.83. The third-order valence-electron chi connectivity index (χ3n) is 6.41. The van der Waals surface area contributed by atoms with E-state index in [2.05, 4.69) is 32.6 Å². The summed E-state index contributed by atoms with van der Waals surface area (Å²) < 4.78 is 56.2. The molecule has 1 fully saturated rings. The minimum Gasteiger partial charge on any atom is -0.384 e. The van der Waals surface area contributed by atoms with Crippen molar-refractivity contribution in [3.05, 3.63) is 59.0 Å². The molecule has 4 heterocycles. The summed E-state index contributed by atoms with van der Waals surface area (Å²) >= 11 is 0. The van der Waals surface area contributed by atoms with E-state index in [1.54, 1.807) is 26.0 Å². The largest absolute Gasteiger partial charge is 0.393 e. The van der Waals surface area contributed by atoms with Crippen molar-refractivity contribution in [2.75, 3.05) is 32.0 Å². The quantitative estimate of drug-likeness (QED) is 0.325. The molecule has 12 heteroatoms. The zero-order valence-corrected chi connectivity index (χ0v) is 21.8. The zero-order valence-electron chi connectivity index (χ0n) is 21.8.